The highest BCUT2D eigenvalue weighted by molar-refractivity contribution is 7.91. The average molecular weight is 290 g/mol. The average Bonchev–Trinajstić information content (AvgIpc) is 2.37. The molecule has 19 heavy (non-hydrogen) atoms. The van der Waals surface area contributed by atoms with Gasteiger partial charge in [0, 0.05) is 24.4 Å². The number of rotatable bonds is 8. The van der Waals surface area contributed by atoms with Crippen LogP contribution >= 0.6 is 0 Å². The van der Waals surface area contributed by atoms with Crippen molar-refractivity contribution in [2.45, 2.75) is 58.5 Å². The number of piperidine rings is 1. The largest absolute Gasteiger partial charge is 0.313 e. The fourth-order valence-corrected chi connectivity index (χ4v) is 3.45. The Labute approximate surface area is 118 Å². The van der Waals surface area contributed by atoms with E-state index in [1.54, 1.807) is 6.92 Å². The van der Waals surface area contributed by atoms with Crippen LogP contribution in [0.15, 0.2) is 0 Å². The molecule has 4 nitrogen and oxygen atoms in total. The summed E-state index contributed by atoms with van der Waals surface area (Å²) in [5.41, 5.74) is 0. The zero-order valence-electron chi connectivity index (χ0n) is 12.7. The summed E-state index contributed by atoms with van der Waals surface area (Å²) < 4.78 is 23.0. The summed E-state index contributed by atoms with van der Waals surface area (Å²) in [5, 5.41) is 3.50. The second-order valence-electron chi connectivity index (χ2n) is 5.84. The molecule has 1 atom stereocenters. The maximum Gasteiger partial charge on any atom is 0.150 e. The second kappa shape index (κ2) is 8.22. The molecule has 1 fully saturated rings. The SMILES string of the molecule is CCS(=O)(=O)CCCN1CCCCC1CNC(C)C. The molecule has 0 amide bonds. The maximum absolute atomic E-state index is 11.5. The van der Waals surface area contributed by atoms with E-state index in [0.717, 1.165) is 26.1 Å². The lowest BCUT2D eigenvalue weighted by Crippen LogP contribution is -2.47. The van der Waals surface area contributed by atoms with Crippen molar-refractivity contribution in [3.8, 4) is 0 Å². The molecular formula is C14H30N2O2S. The van der Waals surface area contributed by atoms with Crippen LogP contribution in [0.1, 0.15) is 46.5 Å². The first-order valence-corrected chi connectivity index (χ1v) is 9.44. The van der Waals surface area contributed by atoms with E-state index in [1.165, 1.54) is 19.3 Å². The van der Waals surface area contributed by atoms with Crippen LogP contribution in [-0.4, -0.2) is 56.5 Å². The lowest BCUT2D eigenvalue weighted by molar-refractivity contribution is 0.144. The Morgan fingerprint density at radius 3 is 2.68 bits per heavy atom. The minimum Gasteiger partial charge on any atom is -0.313 e. The normalized spacial score (nSPS) is 22.0. The molecule has 0 aromatic heterocycles. The Bertz CT molecular complexity index is 341. The van der Waals surface area contributed by atoms with E-state index in [1.807, 2.05) is 0 Å². The third-order valence-electron chi connectivity index (χ3n) is 3.85. The van der Waals surface area contributed by atoms with Crippen LogP contribution in [0.5, 0.6) is 0 Å². The molecule has 1 saturated heterocycles. The highest BCUT2D eigenvalue weighted by Crippen LogP contribution is 2.17. The molecule has 1 unspecified atom stereocenters. The third-order valence-corrected chi connectivity index (χ3v) is 5.64. The standard InChI is InChI=1S/C14H30N2O2S/c1-4-19(17,18)11-7-10-16-9-6-5-8-14(16)12-15-13(2)3/h13-15H,4-12H2,1-3H3. The van der Waals surface area contributed by atoms with Crippen LogP contribution in [0.2, 0.25) is 0 Å². The molecule has 1 aliphatic heterocycles. The van der Waals surface area contributed by atoms with Crippen molar-refractivity contribution in [1.82, 2.24) is 10.2 Å². The van der Waals surface area contributed by atoms with Crippen molar-refractivity contribution in [3.63, 3.8) is 0 Å². The summed E-state index contributed by atoms with van der Waals surface area (Å²) >= 11 is 0. The summed E-state index contributed by atoms with van der Waals surface area (Å²) in [4.78, 5) is 2.48. The first-order chi connectivity index (χ1) is 8.94. The number of nitrogens with one attached hydrogen (secondary N) is 1. The van der Waals surface area contributed by atoms with E-state index in [2.05, 4.69) is 24.1 Å². The maximum atomic E-state index is 11.5. The summed E-state index contributed by atoms with van der Waals surface area (Å²) in [5.74, 6) is 0.607. The van der Waals surface area contributed by atoms with Gasteiger partial charge in [0.1, 0.15) is 9.84 Å². The second-order valence-corrected chi connectivity index (χ2v) is 8.31. The molecule has 0 radical (unpaired) electrons. The number of sulfone groups is 1. The Morgan fingerprint density at radius 1 is 1.32 bits per heavy atom. The molecule has 1 aliphatic rings. The van der Waals surface area contributed by atoms with Gasteiger partial charge in [0.25, 0.3) is 0 Å². The van der Waals surface area contributed by atoms with Gasteiger partial charge in [-0.05, 0) is 32.4 Å². The number of likely N-dealkylation sites (tertiary alicyclic amines) is 1. The minimum absolute atomic E-state index is 0.269. The first kappa shape index (κ1) is 16.9. The Hall–Kier alpha value is -0.130. The van der Waals surface area contributed by atoms with Gasteiger partial charge in [-0.3, -0.25) is 4.90 Å². The van der Waals surface area contributed by atoms with Gasteiger partial charge in [0.05, 0.1) is 5.75 Å². The van der Waals surface area contributed by atoms with Gasteiger partial charge in [-0.25, -0.2) is 8.42 Å². The van der Waals surface area contributed by atoms with E-state index >= 15 is 0 Å². The van der Waals surface area contributed by atoms with E-state index < -0.39 is 9.84 Å². The number of hydrogen-bond acceptors (Lipinski definition) is 4. The molecule has 1 rings (SSSR count). The zero-order valence-corrected chi connectivity index (χ0v) is 13.5. The van der Waals surface area contributed by atoms with Gasteiger partial charge in [0.2, 0.25) is 0 Å². The first-order valence-electron chi connectivity index (χ1n) is 7.62. The number of hydrogen-bond donors (Lipinski definition) is 1. The van der Waals surface area contributed by atoms with Gasteiger partial charge in [-0.15, -0.1) is 0 Å². The number of nitrogens with zero attached hydrogens (tertiary/aromatic N) is 1. The molecule has 1 heterocycles. The van der Waals surface area contributed by atoms with E-state index in [9.17, 15) is 8.42 Å². The molecule has 0 saturated carbocycles. The predicted molar refractivity (Wildman–Crippen MR) is 81.3 cm³/mol. The van der Waals surface area contributed by atoms with Gasteiger partial charge in [-0.1, -0.05) is 27.2 Å². The Kier molecular flexibility index (Phi) is 7.32. The van der Waals surface area contributed by atoms with E-state index in [0.29, 0.717) is 17.8 Å². The highest BCUT2D eigenvalue weighted by Gasteiger charge is 2.22. The zero-order chi connectivity index (χ0) is 14.3. The van der Waals surface area contributed by atoms with Crippen molar-refractivity contribution in [3.05, 3.63) is 0 Å². The molecule has 0 aliphatic carbocycles. The minimum atomic E-state index is -2.81. The van der Waals surface area contributed by atoms with Crippen molar-refractivity contribution in [1.29, 1.82) is 0 Å². The van der Waals surface area contributed by atoms with Crippen LogP contribution in [0, 0.1) is 0 Å². The van der Waals surface area contributed by atoms with Gasteiger partial charge in [0.15, 0.2) is 0 Å². The molecule has 114 valence electrons. The summed E-state index contributed by atoms with van der Waals surface area (Å²) in [7, 11) is -2.81. The van der Waals surface area contributed by atoms with Crippen LogP contribution in [0.4, 0.5) is 0 Å². The molecular weight excluding hydrogens is 260 g/mol. The fraction of sp³-hybridized carbons (Fsp3) is 1.00. The monoisotopic (exact) mass is 290 g/mol. The Balaban J connectivity index is 2.35. The van der Waals surface area contributed by atoms with Crippen molar-refractivity contribution >= 4 is 9.84 Å². The van der Waals surface area contributed by atoms with Gasteiger partial charge in [-0.2, -0.15) is 0 Å². The summed E-state index contributed by atoms with van der Waals surface area (Å²) in [6, 6.07) is 1.10. The quantitative estimate of drug-likeness (QED) is 0.739. The predicted octanol–water partition coefficient (Wildman–Crippen LogP) is 1.66. The highest BCUT2D eigenvalue weighted by atomic mass is 32.2. The van der Waals surface area contributed by atoms with Crippen LogP contribution in [-0.2, 0) is 9.84 Å². The van der Waals surface area contributed by atoms with E-state index in [4.69, 9.17) is 0 Å². The van der Waals surface area contributed by atoms with E-state index in [-0.39, 0.29) is 5.75 Å². The van der Waals surface area contributed by atoms with Crippen molar-refractivity contribution in [2.75, 3.05) is 31.1 Å². The molecule has 1 N–H and O–H groups in total. The summed E-state index contributed by atoms with van der Waals surface area (Å²) in [6.07, 6.45) is 4.56. The molecule has 5 heteroatoms. The smallest absolute Gasteiger partial charge is 0.150 e. The molecule has 0 bridgehead atoms. The summed E-state index contributed by atoms with van der Waals surface area (Å²) in [6.45, 7) is 9.13. The lowest BCUT2D eigenvalue weighted by atomic mass is 10.0. The van der Waals surface area contributed by atoms with Crippen LogP contribution in [0.3, 0.4) is 0 Å². The third kappa shape index (κ3) is 6.72. The fourth-order valence-electron chi connectivity index (χ4n) is 2.59. The van der Waals surface area contributed by atoms with Crippen molar-refractivity contribution in [2.24, 2.45) is 0 Å². The molecule has 0 aromatic rings. The van der Waals surface area contributed by atoms with Gasteiger partial charge >= 0.3 is 0 Å². The molecule has 0 aromatic carbocycles. The lowest BCUT2D eigenvalue weighted by Gasteiger charge is -2.36. The topological polar surface area (TPSA) is 49.4 Å². The Morgan fingerprint density at radius 2 is 2.05 bits per heavy atom. The van der Waals surface area contributed by atoms with Crippen LogP contribution < -0.4 is 5.32 Å². The van der Waals surface area contributed by atoms with Gasteiger partial charge < -0.3 is 5.32 Å². The van der Waals surface area contributed by atoms with Crippen molar-refractivity contribution < 1.29 is 8.42 Å². The van der Waals surface area contributed by atoms with Crippen LogP contribution in [0.25, 0.3) is 0 Å². The molecule has 0 spiro atoms.